The summed E-state index contributed by atoms with van der Waals surface area (Å²) in [7, 11) is 0. The molecule has 0 spiro atoms. The molecule has 0 atom stereocenters. The summed E-state index contributed by atoms with van der Waals surface area (Å²) in [4.78, 5) is 28.5. The predicted octanol–water partition coefficient (Wildman–Crippen LogP) is 4.05. The minimum atomic E-state index is -0.528. The van der Waals surface area contributed by atoms with E-state index in [1.165, 1.54) is 12.1 Å². The minimum Gasteiger partial charge on any atom is -0.341 e. The molecule has 1 saturated heterocycles. The van der Waals surface area contributed by atoms with Crippen LogP contribution in [0.4, 0.5) is 4.39 Å². The average Bonchev–Trinajstić information content (AvgIpc) is 2.91. The van der Waals surface area contributed by atoms with E-state index >= 15 is 0 Å². The summed E-state index contributed by atoms with van der Waals surface area (Å²) in [6.07, 6.45) is 0.867. The molecule has 2 aromatic rings. The van der Waals surface area contributed by atoms with Crippen molar-refractivity contribution in [2.45, 2.75) is 12.8 Å². The summed E-state index contributed by atoms with van der Waals surface area (Å²) in [5, 5.41) is 0.865. The van der Waals surface area contributed by atoms with Crippen LogP contribution in [0.15, 0.2) is 42.5 Å². The molecule has 142 valence electrons. The van der Waals surface area contributed by atoms with Crippen molar-refractivity contribution in [1.29, 1.82) is 0 Å². The Morgan fingerprint density at radius 2 is 1.63 bits per heavy atom. The van der Waals surface area contributed by atoms with Crippen molar-refractivity contribution in [2.75, 3.05) is 26.2 Å². The van der Waals surface area contributed by atoms with Gasteiger partial charge in [-0.05, 0) is 36.2 Å². The van der Waals surface area contributed by atoms with Gasteiger partial charge in [0.15, 0.2) is 0 Å². The van der Waals surface area contributed by atoms with E-state index in [0.29, 0.717) is 42.6 Å². The van der Waals surface area contributed by atoms with Crippen LogP contribution in [-0.2, 0) is 11.2 Å². The first-order chi connectivity index (χ1) is 13.0. The molecule has 7 heteroatoms. The highest BCUT2D eigenvalue weighted by molar-refractivity contribution is 6.42. The Hall–Kier alpha value is -2.11. The van der Waals surface area contributed by atoms with Gasteiger partial charge in [-0.2, -0.15) is 0 Å². The van der Waals surface area contributed by atoms with Crippen molar-refractivity contribution in [3.05, 3.63) is 69.5 Å². The van der Waals surface area contributed by atoms with E-state index < -0.39 is 5.82 Å². The molecule has 1 aliphatic rings. The molecule has 0 aliphatic carbocycles. The lowest BCUT2D eigenvalue weighted by atomic mass is 10.1. The van der Waals surface area contributed by atoms with Gasteiger partial charge in [-0.1, -0.05) is 41.4 Å². The smallest absolute Gasteiger partial charge is 0.256 e. The standard InChI is InChI=1S/C20H19Cl2FN2O2/c21-16-7-6-14(12-17(16)22)13-19(26)24-8-3-9-25(11-10-24)20(27)15-4-1-2-5-18(15)23/h1-2,4-7,12H,3,8-11,13H2. The summed E-state index contributed by atoms with van der Waals surface area (Å²) in [6, 6.07) is 11.1. The zero-order chi connectivity index (χ0) is 19.4. The molecule has 27 heavy (non-hydrogen) atoms. The first kappa shape index (κ1) is 19.6. The molecule has 2 amide bonds. The zero-order valence-corrected chi connectivity index (χ0v) is 16.1. The second-order valence-corrected chi connectivity index (χ2v) is 7.25. The van der Waals surface area contributed by atoms with E-state index in [-0.39, 0.29) is 23.8 Å². The van der Waals surface area contributed by atoms with E-state index in [4.69, 9.17) is 23.2 Å². The number of halogens is 3. The molecule has 1 aliphatic heterocycles. The van der Waals surface area contributed by atoms with Gasteiger partial charge in [0.25, 0.3) is 5.91 Å². The Balaban J connectivity index is 1.62. The fourth-order valence-electron chi connectivity index (χ4n) is 3.11. The molecule has 2 aromatic carbocycles. The molecule has 1 heterocycles. The Morgan fingerprint density at radius 1 is 0.926 bits per heavy atom. The normalized spacial score (nSPS) is 14.8. The Kier molecular flexibility index (Phi) is 6.34. The van der Waals surface area contributed by atoms with Crippen LogP contribution in [0.5, 0.6) is 0 Å². The molecular weight excluding hydrogens is 390 g/mol. The molecule has 0 saturated carbocycles. The number of nitrogens with zero attached hydrogens (tertiary/aromatic N) is 2. The molecule has 3 rings (SSSR count). The number of benzene rings is 2. The van der Waals surface area contributed by atoms with Gasteiger partial charge in [0, 0.05) is 26.2 Å². The van der Waals surface area contributed by atoms with Crippen molar-refractivity contribution in [3.63, 3.8) is 0 Å². The van der Waals surface area contributed by atoms with Crippen LogP contribution in [-0.4, -0.2) is 47.8 Å². The monoisotopic (exact) mass is 408 g/mol. The van der Waals surface area contributed by atoms with Gasteiger partial charge < -0.3 is 9.80 Å². The number of carbonyl (C=O) groups excluding carboxylic acids is 2. The van der Waals surface area contributed by atoms with E-state index in [1.54, 1.807) is 40.1 Å². The summed E-state index contributed by atoms with van der Waals surface area (Å²) >= 11 is 11.9. The second-order valence-electron chi connectivity index (χ2n) is 6.43. The number of carbonyl (C=O) groups is 2. The van der Waals surface area contributed by atoms with E-state index in [9.17, 15) is 14.0 Å². The highest BCUT2D eigenvalue weighted by atomic mass is 35.5. The second kappa shape index (κ2) is 8.72. The minimum absolute atomic E-state index is 0.0337. The largest absolute Gasteiger partial charge is 0.341 e. The lowest BCUT2D eigenvalue weighted by Crippen LogP contribution is -2.38. The SMILES string of the molecule is O=C(Cc1ccc(Cl)c(Cl)c1)N1CCCN(C(=O)c2ccccc2F)CC1. The summed E-state index contributed by atoms with van der Waals surface area (Å²) in [5.74, 6) is -0.903. The van der Waals surface area contributed by atoms with Crippen LogP contribution in [0.25, 0.3) is 0 Å². The summed E-state index contributed by atoms with van der Waals surface area (Å²) in [6.45, 7) is 1.84. The van der Waals surface area contributed by atoms with Crippen LogP contribution in [0.1, 0.15) is 22.3 Å². The van der Waals surface area contributed by atoms with Gasteiger partial charge >= 0.3 is 0 Å². The van der Waals surface area contributed by atoms with Crippen molar-refractivity contribution < 1.29 is 14.0 Å². The topological polar surface area (TPSA) is 40.6 Å². The van der Waals surface area contributed by atoms with Crippen LogP contribution < -0.4 is 0 Å². The van der Waals surface area contributed by atoms with E-state index in [0.717, 1.165) is 5.56 Å². The summed E-state index contributed by atoms with van der Waals surface area (Å²) < 4.78 is 13.9. The number of hydrogen-bond donors (Lipinski definition) is 0. The van der Waals surface area contributed by atoms with Crippen LogP contribution in [0.3, 0.4) is 0 Å². The fraction of sp³-hybridized carbons (Fsp3) is 0.300. The lowest BCUT2D eigenvalue weighted by Gasteiger charge is -2.22. The summed E-state index contributed by atoms with van der Waals surface area (Å²) in [5.41, 5.74) is 0.853. The van der Waals surface area contributed by atoms with Gasteiger partial charge in [0.1, 0.15) is 5.82 Å². The lowest BCUT2D eigenvalue weighted by molar-refractivity contribution is -0.130. The zero-order valence-electron chi connectivity index (χ0n) is 14.6. The third kappa shape index (κ3) is 4.79. The maximum absolute atomic E-state index is 13.9. The van der Waals surface area contributed by atoms with Gasteiger partial charge in [0.05, 0.1) is 22.0 Å². The molecule has 0 unspecified atom stereocenters. The predicted molar refractivity (Wildman–Crippen MR) is 104 cm³/mol. The third-order valence-corrected chi connectivity index (χ3v) is 5.32. The van der Waals surface area contributed by atoms with Gasteiger partial charge in [0.2, 0.25) is 5.91 Å². The third-order valence-electron chi connectivity index (χ3n) is 4.58. The fourth-order valence-corrected chi connectivity index (χ4v) is 3.43. The van der Waals surface area contributed by atoms with Crippen LogP contribution >= 0.6 is 23.2 Å². The first-order valence-corrected chi connectivity index (χ1v) is 9.47. The average molecular weight is 409 g/mol. The van der Waals surface area contributed by atoms with Crippen molar-refractivity contribution in [1.82, 2.24) is 9.80 Å². The quantitative estimate of drug-likeness (QED) is 0.768. The van der Waals surface area contributed by atoms with E-state index in [1.807, 2.05) is 0 Å². The number of amides is 2. The maximum atomic E-state index is 13.9. The Labute approximate surface area is 167 Å². The van der Waals surface area contributed by atoms with Crippen molar-refractivity contribution >= 4 is 35.0 Å². The molecule has 0 bridgehead atoms. The first-order valence-electron chi connectivity index (χ1n) is 8.71. The molecule has 0 aromatic heterocycles. The number of hydrogen-bond acceptors (Lipinski definition) is 2. The van der Waals surface area contributed by atoms with Gasteiger partial charge in [-0.3, -0.25) is 9.59 Å². The highest BCUT2D eigenvalue weighted by Crippen LogP contribution is 2.23. The Morgan fingerprint density at radius 3 is 2.37 bits per heavy atom. The van der Waals surface area contributed by atoms with E-state index in [2.05, 4.69) is 0 Å². The number of rotatable bonds is 3. The molecule has 1 fully saturated rings. The van der Waals surface area contributed by atoms with Crippen LogP contribution in [0, 0.1) is 5.82 Å². The highest BCUT2D eigenvalue weighted by Gasteiger charge is 2.24. The van der Waals surface area contributed by atoms with Crippen molar-refractivity contribution in [2.24, 2.45) is 0 Å². The molecule has 4 nitrogen and oxygen atoms in total. The molecule has 0 radical (unpaired) electrons. The van der Waals surface area contributed by atoms with Crippen molar-refractivity contribution in [3.8, 4) is 0 Å². The molecular formula is C20H19Cl2FN2O2. The molecule has 0 N–H and O–H groups in total. The maximum Gasteiger partial charge on any atom is 0.256 e. The van der Waals surface area contributed by atoms with Crippen LogP contribution in [0.2, 0.25) is 10.0 Å². The Bertz CT molecular complexity index is 860. The van der Waals surface area contributed by atoms with Gasteiger partial charge in [-0.25, -0.2) is 4.39 Å². The van der Waals surface area contributed by atoms with Gasteiger partial charge in [-0.15, -0.1) is 0 Å².